The van der Waals surface area contributed by atoms with E-state index in [0.29, 0.717) is 44.1 Å². The number of carbonyl (C=O) groups excluding carboxylic acids is 2. The largest absolute Gasteiger partial charge is 0.338 e. The summed E-state index contributed by atoms with van der Waals surface area (Å²) in [5, 5.41) is 0.894. The third-order valence-corrected chi connectivity index (χ3v) is 5.68. The van der Waals surface area contributed by atoms with Crippen molar-refractivity contribution in [3.63, 3.8) is 0 Å². The number of rotatable bonds is 3. The van der Waals surface area contributed by atoms with E-state index >= 15 is 0 Å². The highest BCUT2D eigenvalue weighted by Gasteiger charge is 2.40. The fourth-order valence-electron chi connectivity index (χ4n) is 4.42. The monoisotopic (exact) mass is 424 g/mol. The molecule has 0 bridgehead atoms. The predicted octanol–water partition coefficient (Wildman–Crippen LogP) is 2.49. The van der Waals surface area contributed by atoms with Gasteiger partial charge in [-0.3, -0.25) is 14.6 Å². The molecule has 0 aliphatic carbocycles. The summed E-state index contributed by atoms with van der Waals surface area (Å²) in [5.41, 5.74) is 7.23. The van der Waals surface area contributed by atoms with Crippen LogP contribution in [-0.2, 0) is 4.79 Å². The van der Waals surface area contributed by atoms with Gasteiger partial charge < -0.3 is 15.5 Å². The summed E-state index contributed by atoms with van der Waals surface area (Å²) in [4.78, 5) is 33.6. The van der Waals surface area contributed by atoms with Crippen LogP contribution in [0.1, 0.15) is 29.6 Å². The van der Waals surface area contributed by atoms with E-state index in [-0.39, 0.29) is 42.7 Å². The number of likely N-dealkylation sites (tertiary alicyclic amines) is 2. The van der Waals surface area contributed by atoms with Crippen molar-refractivity contribution in [1.29, 1.82) is 0 Å². The van der Waals surface area contributed by atoms with Gasteiger partial charge in [-0.25, -0.2) is 0 Å². The summed E-state index contributed by atoms with van der Waals surface area (Å²) in [7, 11) is 0. The van der Waals surface area contributed by atoms with Gasteiger partial charge in [-0.05, 0) is 30.9 Å². The first-order valence-corrected chi connectivity index (χ1v) is 9.31. The molecule has 3 heterocycles. The maximum atomic E-state index is 13.2. The third kappa shape index (κ3) is 4.09. The molecule has 4 rings (SSSR count). The second-order valence-corrected chi connectivity index (χ2v) is 7.16. The van der Waals surface area contributed by atoms with Gasteiger partial charge >= 0.3 is 0 Å². The number of hydrogen-bond donors (Lipinski definition) is 1. The molecule has 0 radical (unpaired) electrons. The van der Waals surface area contributed by atoms with Gasteiger partial charge in [0.15, 0.2) is 0 Å². The first-order valence-electron chi connectivity index (χ1n) is 9.31. The number of pyridine rings is 1. The number of nitrogens with zero attached hydrogens (tertiary/aromatic N) is 3. The number of carbonyl (C=O) groups is 2. The van der Waals surface area contributed by atoms with Crippen LogP contribution in [0.3, 0.4) is 0 Å². The maximum Gasteiger partial charge on any atom is 0.254 e. The molecular formula is C20H26Cl2N4O2. The van der Waals surface area contributed by atoms with Gasteiger partial charge in [0.05, 0.1) is 11.1 Å². The van der Waals surface area contributed by atoms with Crippen LogP contribution < -0.4 is 5.73 Å². The number of piperidine rings is 2. The normalized spacial score (nSPS) is 21.5. The fourth-order valence-corrected chi connectivity index (χ4v) is 4.42. The van der Waals surface area contributed by atoms with E-state index in [1.54, 1.807) is 6.20 Å². The predicted molar refractivity (Wildman–Crippen MR) is 114 cm³/mol. The van der Waals surface area contributed by atoms with Crippen LogP contribution in [0.25, 0.3) is 10.9 Å². The van der Waals surface area contributed by atoms with Crippen molar-refractivity contribution in [1.82, 2.24) is 14.8 Å². The number of benzene rings is 1. The van der Waals surface area contributed by atoms with E-state index in [1.165, 1.54) is 0 Å². The summed E-state index contributed by atoms with van der Waals surface area (Å²) < 4.78 is 0. The topological polar surface area (TPSA) is 79.5 Å². The molecule has 1 aromatic heterocycles. The minimum atomic E-state index is 0. The summed E-state index contributed by atoms with van der Waals surface area (Å²) >= 11 is 0. The Hall–Kier alpha value is -1.89. The highest BCUT2D eigenvalue weighted by Crippen LogP contribution is 2.32. The minimum absolute atomic E-state index is 0. The molecule has 152 valence electrons. The van der Waals surface area contributed by atoms with E-state index in [0.717, 1.165) is 23.7 Å². The van der Waals surface area contributed by atoms with Crippen molar-refractivity contribution in [3.05, 3.63) is 42.1 Å². The number of halogens is 2. The molecule has 6 nitrogen and oxygen atoms in total. The minimum Gasteiger partial charge on any atom is -0.338 e. The second-order valence-electron chi connectivity index (χ2n) is 7.16. The second kappa shape index (κ2) is 9.54. The Bertz CT molecular complexity index is 843. The van der Waals surface area contributed by atoms with E-state index in [1.807, 2.05) is 40.1 Å². The number of amides is 2. The Labute approximate surface area is 177 Å². The molecule has 2 aromatic rings. The van der Waals surface area contributed by atoms with E-state index < -0.39 is 0 Å². The van der Waals surface area contributed by atoms with E-state index in [2.05, 4.69) is 4.98 Å². The first kappa shape index (κ1) is 22.4. The summed E-state index contributed by atoms with van der Waals surface area (Å²) in [6.07, 6.45) is 3.93. The van der Waals surface area contributed by atoms with Gasteiger partial charge in [0.2, 0.25) is 5.91 Å². The third-order valence-electron chi connectivity index (χ3n) is 5.68. The molecule has 2 N–H and O–H groups in total. The van der Waals surface area contributed by atoms with Crippen molar-refractivity contribution in [2.75, 3.05) is 26.2 Å². The fraction of sp³-hybridized carbons (Fsp3) is 0.450. The molecule has 8 heteroatoms. The van der Waals surface area contributed by atoms with Gasteiger partial charge in [-0.2, -0.15) is 0 Å². The maximum absolute atomic E-state index is 13.2. The molecule has 28 heavy (non-hydrogen) atoms. The summed E-state index contributed by atoms with van der Waals surface area (Å²) in [6.45, 7) is 2.48. The van der Waals surface area contributed by atoms with Gasteiger partial charge in [0.25, 0.3) is 5.91 Å². The van der Waals surface area contributed by atoms with Crippen molar-refractivity contribution in [2.45, 2.75) is 25.3 Å². The Kier molecular flexibility index (Phi) is 7.63. The van der Waals surface area contributed by atoms with Crippen molar-refractivity contribution in [2.24, 2.45) is 11.7 Å². The summed E-state index contributed by atoms with van der Waals surface area (Å²) in [5.74, 6) is 0.603. The standard InChI is InChI=1S/C20H24N4O2.2ClH/c21-9-12-24-18-8-11-23(13-14(18)5-6-19(24)25)20(26)16-7-10-22-17-4-2-1-3-15(16)17;;/h1-4,7,10,14,18H,5-6,8-9,11-13,21H2;2*1H/t14-,18+;;/m0../s1. The smallest absolute Gasteiger partial charge is 0.254 e. The molecule has 2 aliphatic heterocycles. The lowest BCUT2D eigenvalue weighted by Crippen LogP contribution is -2.57. The van der Waals surface area contributed by atoms with Crippen LogP contribution in [0.15, 0.2) is 36.5 Å². The molecule has 2 amide bonds. The lowest BCUT2D eigenvalue weighted by molar-refractivity contribution is -0.140. The average molecular weight is 425 g/mol. The van der Waals surface area contributed by atoms with Gasteiger partial charge in [0, 0.05) is 50.2 Å². The lowest BCUT2D eigenvalue weighted by Gasteiger charge is -2.47. The van der Waals surface area contributed by atoms with Crippen molar-refractivity contribution >= 4 is 47.5 Å². The van der Waals surface area contributed by atoms with Crippen molar-refractivity contribution in [3.8, 4) is 0 Å². The van der Waals surface area contributed by atoms with E-state index in [4.69, 9.17) is 5.73 Å². The zero-order valence-electron chi connectivity index (χ0n) is 15.6. The highest BCUT2D eigenvalue weighted by atomic mass is 35.5. The Morgan fingerprint density at radius 2 is 1.96 bits per heavy atom. The number of fused-ring (bicyclic) bond motifs is 2. The average Bonchev–Trinajstić information content (AvgIpc) is 2.69. The molecule has 2 saturated heterocycles. The van der Waals surface area contributed by atoms with Crippen LogP contribution in [-0.4, -0.2) is 58.8 Å². The van der Waals surface area contributed by atoms with Crippen LogP contribution >= 0.6 is 24.8 Å². The van der Waals surface area contributed by atoms with Crippen LogP contribution in [0, 0.1) is 5.92 Å². The first-order chi connectivity index (χ1) is 12.7. The quantitative estimate of drug-likeness (QED) is 0.820. The van der Waals surface area contributed by atoms with Crippen LogP contribution in [0.2, 0.25) is 0 Å². The molecule has 1 aromatic carbocycles. The van der Waals surface area contributed by atoms with Crippen molar-refractivity contribution < 1.29 is 9.59 Å². The SMILES string of the molecule is Cl.Cl.NCCN1C(=O)CC[C@H]2CN(C(=O)c3ccnc4ccccc34)CC[C@H]21. The van der Waals surface area contributed by atoms with Gasteiger partial charge in [0.1, 0.15) is 0 Å². The van der Waals surface area contributed by atoms with Gasteiger partial charge in [-0.15, -0.1) is 24.8 Å². The van der Waals surface area contributed by atoms with E-state index in [9.17, 15) is 9.59 Å². The van der Waals surface area contributed by atoms with Crippen LogP contribution in [0.4, 0.5) is 0 Å². The Morgan fingerprint density at radius 1 is 1.18 bits per heavy atom. The zero-order valence-corrected chi connectivity index (χ0v) is 17.3. The molecule has 2 aliphatic rings. The number of aromatic nitrogens is 1. The molecule has 2 fully saturated rings. The van der Waals surface area contributed by atoms with Gasteiger partial charge in [-0.1, -0.05) is 18.2 Å². The molecule has 2 atom stereocenters. The molecule has 0 saturated carbocycles. The Morgan fingerprint density at radius 3 is 2.75 bits per heavy atom. The lowest BCUT2D eigenvalue weighted by atomic mass is 9.83. The molecule has 0 spiro atoms. The molecule has 0 unspecified atom stereocenters. The molecular weight excluding hydrogens is 399 g/mol. The number of nitrogens with two attached hydrogens (primary N) is 1. The zero-order chi connectivity index (χ0) is 18.1. The highest BCUT2D eigenvalue weighted by molar-refractivity contribution is 6.06. The number of para-hydroxylation sites is 1. The summed E-state index contributed by atoms with van der Waals surface area (Å²) in [6, 6.07) is 9.77. The Balaban J connectivity index is 0.00000140. The number of hydrogen-bond acceptors (Lipinski definition) is 4. The van der Waals surface area contributed by atoms with Crippen LogP contribution in [0.5, 0.6) is 0 Å².